The molecule has 0 unspecified atom stereocenters. The van der Waals surface area contributed by atoms with Gasteiger partial charge in [0.05, 0.1) is 12.7 Å². The number of benzene rings is 2. The molecule has 1 heterocycles. The van der Waals surface area contributed by atoms with Crippen LogP contribution in [0.2, 0.25) is 0 Å². The van der Waals surface area contributed by atoms with Gasteiger partial charge in [0.15, 0.2) is 0 Å². The third-order valence-electron chi connectivity index (χ3n) is 3.81. The van der Waals surface area contributed by atoms with Gasteiger partial charge in [-0.05, 0) is 41.8 Å². The van der Waals surface area contributed by atoms with E-state index in [1.807, 2.05) is 42.5 Å². The lowest BCUT2D eigenvalue weighted by atomic mass is 10.1. The van der Waals surface area contributed by atoms with Crippen molar-refractivity contribution in [1.29, 1.82) is 0 Å². The first-order valence-corrected chi connectivity index (χ1v) is 7.58. The normalized spacial score (nSPS) is 15.5. The molecule has 1 aliphatic heterocycles. The zero-order valence-corrected chi connectivity index (χ0v) is 13.2. The van der Waals surface area contributed by atoms with Gasteiger partial charge in [-0.3, -0.25) is 0 Å². The summed E-state index contributed by atoms with van der Waals surface area (Å²) >= 11 is 0. The van der Waals surface area contributed by atoms with Crippen molar-refractivity contribution in [3.8, 4) is 5.75 Å². The molecule has 0 saturated carbocycles. The Bertz CT molecular complexity index is 766. The molecule has 0 fully saturated rings. The summed E-state index contributed by atoms with van der Waals surface area (Å²) in [6.45, 7) is 2.11. The first kappa shape index (κ1) is 15.1. The maximum absolute atomic E-state index is 12.0. The Labute approximate surface area is 135 Å². The molecule has 0 saturated heterocycles. The lowest BCUT2D eigenvalue weighted by Gasteiger charge is -2.02. The minimum atomic E-state index is -0.324. The number of hydrogen-bond acceptors (Lipinski definition) is 3. The number of cyclic esters (lactones) is 1. The van der Waals surface area contributed by atoms with Crippen LogP contribution in [0.4, 0.5) is 0 Å². The van der Waals surface area contributed by atoms with Gasteiger partial charge in [0.2, 0.25) is 0 Å². The summed E-state index contributed by atoms with van der Waals surface area (Å²) in [5.41, 5.74) is 3.64. The molecule has 0 bridgehead atoms. The van der Waals surface area contributed by atoms with Crippen LogP contribution < -0.4 is 4.74 Å². The highest BCUT2D eigenvalue weighted by atomic mass is 16.5. The molecule has 116 valence electrons. The molecule has 0 N–H and O–H groups in total. The molecule has 0 radical (unpaired) electrons. The van der Waals surface area contributed by atoms with E-state index in [2.05, 4.69) is 19.1 Å². The summed E-state index contributed by atoms with van der Waals surface area (Å²) in [6, 6.07) is 15.6. The number of carbonyl (C=O) groups excluding carboxylic acids is 1. The third-order valence-corrected chi connectivity index (χ3v) is 3.81. The van der Waals surface area contributed by atoms with Crippen molar-refractivity contribution >= 4 is 17.8 Å². The second-order valence-corrected chi connectivity index (χ2v) is 5.32. The quantitative estimate of drug-likeness (QED) is 0.626. The minimum Gasteiger partial charge on any atom is -0.497 e. The van der Waals surface area contributed by atoms with E-state index in [1.165, 1.54) is 5.56 Å². The molecule has 23 heavy (non-hydrogen) atoms. The Morgan fingerprint density at radius 1 is 1.04 bits per heavy atom. The van der Waals surface area contributed by atoms with E-state index in [-0.39, 0.29) is 5.97 Å². The zero-order valence-electron chi connectivity index (χ0n) is 13.2. The van der Waals surface area contributed by atoms with Gasteiger partial charge in [-0.2, -0.15) is 0 Å². The van der Waals surface area contributed by atoms with Gasteiger partial charge in [0.25, 0.3) is 0 Å². The van der Waals surface area contributed by atoms with Crippen LogP contribution >= 0.6 is 0 Å². The Morgan fingerprint density at radius 3 is 2.35 bits per heavy atom. The van der Waals surface area contributed by atoms with Gasteiger partial charge in [-0.1, -0.05) is 43.3 Å². The summed E-state index contributed by atoms with van der Waals surface area (Å²) in [4.78, 5) is 12.0. The molecule has 3 rings (SSSR count). The maximum atomic E-state index is 12.0. The molecule has 0 amide bonds. The SMILES string of the molecule is CCc1ccc(C2=C/C(=C\c3ccc(OC)cc3)C(=O)O2)cc1. The molecule has 1 aliphatic rings. The molecule has 0 aliphatic carbocycles. The van der Waals surface area contributed by atoms with Crippen molar-refractivity contribution < 1.29 is 14.3 Å². The lowest BCUT2D eigenvalue weighted by Crippen LogP contribution is -1.97. The maximum Gasteiger partial charge on any atom is 0.343 e. The van der Waals surface area contributed by atoms with Crippen LogP contribution in [0.5, 0.6) is 5.75 Å². The first-order valence-electron chi connectivity index (χ1n) is 7.58. The summed E-state index contributed by atoms with van der Waals surface area (Å²) in [6.07, 6.45) is 4.59. The molecule has 0 aromatic heterocycles. The number of esters is 1. The number of rotatable bonds is 4. The van der Waals surface area contributed by atoms with E-state index >= 15 is 0 Å². The van der Waals surface area contributed by atoms with Crippen LogP contribution in [0.25, 0.3) is 11.8 Å². The molecule has 0 atom stereocenters. The summed E-state index contributed by atoms with van der Waals surface area (Å²) in [5.74, 6) is 1.06. The smallest absolute Gasteiger partial charge is 0.343 e. The summed E-state index contributed by atoms with van der Waals surface area (Å²) in [7, 11) is 1.63. The number of methoxy groups -OCH3 is 1. The standard InChI is InChI=1S/C20H18O3/c1-3-14-4-8-16(9-5-14)19-13-17(20(21)23-19)12-15-6-10-18(22-2)11-7-15/h4-13H,3H2,1-2H3/b17-12+. The van der Waals surface area contributed by atoms with Crippen LogP contribution in [0, 0.1) is 0 Å². The monoisotopic (exact) mass is 306 g/mol. The van der Waals surface area contributed by atoms with E-state index in [0.717, 1.165) is 23.3 Å². The lowest BCUT2D eigenvalue weighted by molar-refractivity contribution is -0.130. The topological polar surface area (TPSA) is 35.5 Å². The molecule has 3 nitrogen and oxygen atoms in total. The number of ether oxygens (including phenoxy) is 2. The van der Waals surface area contributed by atoms with Crippen LogP contribution in [0.3, 0.4) is 0 Å². The Morgan fingerprint density at radius 2 is 1.74 bits per heavy atom. The van der Waals surface area contributed by atoms with Crippen LogP contribution in [-0.4, -0.2) is 13.1 Å². The minimum absolute atomic E-state index is 0.324. The second kappa shape index (κ2) is 6.53. The van der Waals surface area contributed by atoms with E-state index < -0.39 is 0 Å². The van der Waals surface area contributed by atoms with E-state index in [9.17, 15) is 4.79 Å². The fourth-order valence-corrected chi connectivity index (χ4v) is 2.42. The van der Waals surface area contributed by atoms with Gasteiger partial charge < -0.3 is 9.47 Å². The van der Waals surface area contributed by atoms with Gasteiger partial charge in [-0.25, -0.2) is 4.79 Å². The molecular formula is C20H18O3. The van der Waals surface area contributed by atoms with Crippen LogP contribution in [0.15, 0.2) is 60.2 Å². The predicted molar refractivity (Wildman–Crippen MR) is 90.9 cm³/mol. The van der Waals surface area contributed by atoms with E-state index in [4.69, 9.17) is 9.47 Å². The molecule has 2 aromatic rings. The Balaban J connectivity index is 1.86. The highest BCUT2D eigenvalue weighted by Gasteiger charge is 2.21. The van der Waals surface area contributed by atoms with Gasteiger partial charge >= 0.3 is 5.97 Å². The van der Waals surface area contributed by atoms with E-state index in [0.29, 0.717) is 11.3 Å². The molecule has 0 spiro atoms. The number of carbonyl (C=O) groups is 1. The molecular weight excluding hydrogens is 288 g/mol. The van der Waals surface area contributed by atoms with Crippen LogP contribution in [0.1, 0.15) is 23.6 Å². The van der Waals surface area contributed by atoms with Crippen molar-refractivity contribution in [2.24, 2.45) is 0 Å². The third kappa shape index (κ3) is 3.34. The average molecular weight is 306 g/mol. The largest absolute Gasteiger partial charge is 0.497 e. The van der Waals surface area contributed by atoms with Crippen molar-refractivity contribution in [3.05, 3.63) is 76.9 Å². The van der Waals surface area contributed by atoms with Crippen molar-refractivity contribution in [2.75, 3.05) is 7.11 Å². The van der Waals surface area contributed by atoms with E-state index in [1.54, 1.807) is 13.2 Å². The number of hydrogen-bond donors (Lipinski definition) is 0. The Hall–Kier alpha value is -2.81. The Kier molecular flexibility index (Phi) is 4.29. The van der Waals surface area contributed by atoms with Crippen molar-refractivity contribution in [3.63, 3.8) is 0 Å². The molecule has 3 heteroatoms. The predicted octanol–water partition coefficient (Wildman–Crippen LogP) is 4.24. The average Bonchev–Trinajstić information content (AvgIpc) is 2.96. The summed E-state index contributed by atoms with van der Waals surface area (Å²) in [5, 5.41) is 0. The highest BCUT2D eigenvalue weighted by Crippen LogP contribution is 2.28. The van der Waals surface area contributed by atoms with Gasteiger partial charge in [0, 0.05) is 5.56 Å². The first-order chi connectivity index (χ1) is 11.2. The van der Waals surface area contributed by atoms with Crippen molar-refractivity contribution in [2.45, 2.75) is 13.3 Å². The fourth-order valence-electron chi connectivity index (χ4n) is 2.42. The fraction of sp³-hybridized carbons (Fsp3) is 0.150. The highest BCUT2D eigenvalue weighted by molar-refractivity contribution is 6.05. The summed E-state index contributed by atoms with van der Waals surface area (Å²) < 4.78 is 10.5. The zero-order chi connectivity index (χ0) is 16.2. The number of aryl methyl sites for hydroxylation is 1. The molecule has 2 aromatic carbocycles. The second-order valence-electron chi connectivity index (χ2n) is 5.32. The van der Waals surface area contributed by atoms with Crippen LogP contribution in [-0.2, 0) is 16.0 Å². The van der Waals surface area contributed by atoms with Gasteiger partial charge in [-0.15, -0.1) is 0 Å². The van der Waals surface area contributed by atoms with Crippen molar-refractivity contribution in [1.82, 2.24) is 0 Å². The van der Waals surface area contributed by atoms with Gasteiger partial charge in [0.1, 0.15) is 11.5 Å².